The summed E-state index contributed by atoms with van der Waals surface area (Å²) >= 11 is 1.85. The van der Waals surface area contributed by atoms with Gasteiger partial charge in [-0.05, 0) is 65.6 Å². The molecule has 0 saturated heterocycles. The third-order valence-corrected chi connectivity index (χ3v) is 7.14. The van der Waals surface area contributed by atoms with Crippen molar-refractivity contribution < 1.29 is 4.39 Å². The van der Waals surface area contributed by atoms with Gasteiger partial charge in [0.2, 0.25) is 0 Å². The fourth-order valence-electron chi connectivity index (χ4n) is 4.78. The van der Waals surface area contributed by atoms with E-state index in [9.17, 15) is 4.39 Å². The Morgan fingerprint density at radius 1 is 0.929 bits per heavy atom. The number of aryl methyl sites for hydroxylation is 2. The number of fused-ring (bicyclic) bond motifs is 6. The number of nitrogens with zero attached hydrogens (tertiary/aromatic N) is 1. The summed E-state index contributed by atoms with van der Waals surface area (Å²) in [6, 6.07) is 15.6. The number of benzene rings is 2. The highest BCUT2D eigenvalue weighted by atomic mass is 35.5. The van der Waals surface area contributed by atoms with Gasteiger partial charge in [0.05, 0.1) is 5.69 Å². The van der Waals surface area contributed by atoms with Gasteiger partial charge >= 0.3 is 0 Å². The van der Waals surface area contributed by atoms with Crippen LogP contribution in [-0.4, -0.2) is 4.98 Å². The lowest BCUT2D eigenvalue weighted by Gasteiger charge is -2.15. The van der Waals surface area contributed by atoms with Crippen molar-refractivity contribution in [1.29, 1.82) is 0 Å². The summed E-state index contributed by atoms with van der Waals surface area (Å²) in [5.41, 5.74) is 8.58. The zero-order valence-electron chi connectivity index (χ0n) is 15.3. The first-order chi connectivity index (χ1) is 13.3. The molecule has 0 amide bonds. The summed E-state index contributed by atoms with van der Waals surface area (Å²) < 4.78 is 14.1. The number of hydrogen-bond acceptors (Lipinski definition) is 2. The maximum Gasteiger partial charge on any atom is 0.125 e. The molecule has 4 aromatic rings. The molecule has 2 aliphatic carbocycles. The minimum absolute atomic E-state index is 0. The van der Waals surface area contributed by atoms with Gasteiger partial charge in [0.1, 0.15) is 10.6 Å². The Labute approximate surface area is 173 Å². The molecule has 1 nitrogen and oxygen atoms in total. The van der Waals surface area contributed by atoms with Gasteiger partial charge in [0.25, 0.3) is 0 Å². The number of thiophene rings is 1. The molecule has 2 aliphatic rings. The molecule has 28 heavy (non-hydrogen) atoms. The summed E-state index contributed by atoms with van der Waals surface area (Å²) in [7, 11) is 0. The highest BCUT2D eigenvalue weighted by Gasteiger charge is 2.29. The summed E-state index contributed by atoms with van der Waals surface area (Å²) in [6.07, 6.45) is 5.65. The van der Waals surface area contributed by atoms with Crippen molar-refractivity contribution in [3.05, 3.63) is 75.9 Å². The van der Waals surface area contributed by atoms with Crippen LogP contribution >= 0.6 is 23.7 Å². The van der Waals surface area contributed by atoms with Crippen molar-refractivity contribution in [2.24, 2.45) is 0 Å². The molecule has 4 heteroatoms. The topological polar surface area (TPSA) is 12.9 Å². The van der Waals surface area contributed by atoms with E-state index in [1.54, 1.807) is 6.07 Å². The quantitative estimate of drug-likeness (QED) is 0.292. The number of hydrogen-bond donors (Lipinski definition) is 0. The smallest absolute Gasteiger partial charge is 0.125 e. The lowest BCUT2D eigenvalue weighted by Crippen LogP contribution is -2.00. The van der Waals surface area contributed by atoms with Crippen LogP contribution in [-0.2, 0) is 19.3 Å². The van der Waals surface area contributed by atoms with Crippen LogP contribution in [0.5, 0.6) is 0 Å². The Morgan fingerprint density at radius 3 is 2.68 bits per heavy atom. The van der Waals surface area contributed by atoms with E-state index < -0.39 is 0 Å². The highest BCUT2D eigenvalue weighted by molar-refractivity contribution is 7.19. The molecule has 0 radical (unpaired) electrons. The number of aromatic nitrogens is 1. The molecule has 0 spiro atoms. The second-order valence-electron chi connectivity index (χ2n) is 7.55. The first-order valence-corrected chi connectivity index (χ1v) is 10.4. The third-order valence-electron chi connectivity index (χ3n) is 5.96. The molecule has 0 N–H and O–H groups in total. The Bertz CT molecular complexity index is 1230. The maximum atomic E-state index is 14.1. The molecule has 140 valence electrons. The van der Waals surface area contributed by atoms with Gasteiger partial charge in [-0.15, -0.1) is 23.7 Å². The minimum Gasteiger partial charge on any atom is -0.237 e. The van der Waals surface area contributed by atoms with Crippen LogP contribution in [0.3, 0.4) is 0 Å². The highest BCUT2D eigenvalue weighted by Crippen LogP contribution is 2.48. The molecule has 2 aromatic carbocycles. The molecular formula is C24H19ClFNS. The van der Waals surface area contributed by atoms with Gasteiger partial charge in [-0.2, -0.15) is 0 Å². The van der Waals surface area contributed by atoms with Gasteiger partial charge in [-0.1, -0.05) is 36.4 Å². The van der Waals surface area contributed by atoms with E-state index >= 15 is 0 Å². The van der Waals surface area contributed by atoms with Crippen molar-refractivity contribution in [3.8, 4) is 22.4 Å². The van der Waals surface area contributed by atoms with Crippen molar-refractivity contribution in [3.63, 3.8) is 0 Å². The molecule has 6 rings (SSSR count). The predicted molar refractivity (Wildman–Crippen MR) is 117 cm³/mol. The summed E-state index contributed by atoms with van der Waals surface area (Å²) in [5.74, 6) is -0.175. The molecule has 0 atom stereocenters. The SMILES string of the molecule is Cl.Fc1cccc(-c2c3c(nc4sc5c(c24)CCCC5)-c2ccccc2C3)c1. The van der Waals surface area contributed by atoms with Crippen LogP contribution in [0.2, 0.25) is 0 Å². The number of rotatable bonds is 1. The number of halogens is 2. The van der Waals surface area contributed by atoms with E-state index in [1.165, 1.54) is 57.0 Å². The average Bonchev–Trinajstić information content (AvgIpc) is 3.24. The predicted octanol–water partition coefficient (Wildman–Crippen LogP) is 6.97. The van der Waals surface area contributed by atoms with Crippen molar-refractivity contribution in [1.82, 2.24) is 4.98 Å². The van der Waals surface area contributed by atoms with Crippen molar-refractivity contribution in [2.75, 3.05) is 0 Å². The summed E-state index contributed by atoms with van der Waals surface area (Å²) in [5, 5.41) is 1.28. The standard InChI is InChI=1S/C24H18FNS.ClH/c25-16-8-5-7-15(12-16)21-19-13-14-6-1-2-9-17(14)23(19)26-24-22(21)18-10-3-4-11-20(18)27-24;/h1-2,5-9,12H,3-4,10-11,13H2;1H. The molecule has 2 heterocycles. The lowest BCUT2D eigenvalue weighted by molar-refractivity contribution is 0.628. The monoisotopic (exact) mass is 407 g/mol. The fourth-order valence-corrected chi connectivity index (χ4v) is 6.05. The Kier molecular flexibility index (Phi) is 4.26. The Morgan fingerprint density at radius 2 is 1.79 bits per heavy atom. The van der Waals surface area contributed by atoms with E-state index in [1.807, 2.05) is 23.5 Å². The zero-order chi connectivity index (χ0) is 18.0. The van der Waals surface area contributed by atoms with Crippen LogP contribution < -0.4 is 0 Å². The molecule has 0 aliphatic heterocycles. The second kappa shape index (κ2) is 6.68. The first-order valence-electron chi connectivity index (χ1n) is 9.61. The van der Waals surface area contributed by atoms with E-state index in [4.69, 9.17) is 4.98 Å². The largest absolute Gasteiger partial charge is 0.237 e. The molecule has 0 saturated carbocycles. The minimum atomic E-state index is -0.175. The fraction of sp³-hybridized carbons (Fsp3) is 0.208. The van der Waals surface area contributed by atoms with Crippen LogP contribution in [0.25, 0.3) is 32.6 Å². The average molecular weight is 408 g/mol. The Hall–Kier alpha value is -2.23. The lowest BCUT2D eigenvalue weighted by atomic mass is 9.89. The second-order valence-corrected chi connectivity index (χ2v) is 8.63. The molecule has 0 bridgehead atoms. The van der Waals surface area contributed by atoms with Gasteiger partial charge in [-0.25, -0.2) is 9.37 Å². The van der Waals surface area contributed by atoms with Crippen molar-refractivity contribution in [2.45, 2.75) is 32.1 Å². The van der Waals surface area contributed by atoms with Crippen LogP contribution in [0.15, 0.2) is 48.5 Å². The summed E-state index contributed by atoms with van der Waals surface area (Å²) in [6.45, 7) is 0. The van der Waals surface area contributed by atoms with E-state index in [0.717, 1.165) is 35.4 Å². The molecule has 2 aromatic heterocycles. The normalized spacial score (nSPS) is 14.3. The molecule has 0 fully saturated rings. The molecular weight excluding hydrogens is 389 g/mol. The number of pyridine rings is 1. The van der Waals surface area contributed by atoms with E-state index in [2.05, 4.69) is 24.3 Å². The third kappa shape index (κ3) is 2.53. The van der Waals surface area contributed by atoms with E-state index in [-0.39, 0.29) is 18.2 Å². The Balaban J connectivity index is 0.00000171. The van der Waals surface area contributed by atoms with Gasteiger partial charge < -0.3 is 0 Å². The summed E-state index contributed by atoms with van der Waals surface area (Å²) in [4.78, 5) is 7.74. The van der Waals surface area contributed by atoms with Crippen molar-refractivity contribution >= 4 is 34.0 Å². The van der Waals surface area contributed by atoms with Crippen LogP contribution in [0.1, 0.15) is 34.4 Å². The first kappa shape index (κ1) is 17.8. The van der Waals surface area contributed by atoms with E-state index in [0.29, 0.717) is 0 Å². The van der Waals surface area contributed by atoms with Gasteiger partial charge in [0.15, 0.2) is 0 Å². The molecule has 0 unspecified atom stereocenters. The van der Waals surface area contributed by atoms with Gasteiger partial charge in [0, 0.05) is 22.2 Å². The maximum absolute atomic E-state index is 14.1. The van der Waals surface area contributed by atoms with Crippen LogP contribution in [0, 0.1) is 5.82 Å². The zero-order valence-corrected chi connectivity index (χ0v) is 16.9. The van der Waals surface area contributed by atoms with Crippen LogP contribution in [0.4, 0.5) is 4.39 Å². The van der Waals surface area contributed by atoms with Gasteiger partial charge in [-0.3, -0.25) is 0 Å².